The van der Waals surface area contributed by atoms with Gasteiger partial charge in [-0.1, -0.05) is 30.3 Å². The summed E-state index contributed by atoms with van der Waals surface area (Å²) in [5.74, 6) is -6.81. The fourth-order valence-corrected chi connectivity index (χ4v) is 1.08. The van der Waals surface area contributed by atoms with Crippen molar-refractivity contribution >= 4 is 17.5 Å². The summed E-state index contributed by atoms with van der Waals surface area (Å²) in [7, 11) is 0. The van der Waals surface area contributed by atoms with Gasteiger partial charge in [-0.15, -0.1) is 0 Å². The van der Waals surface area contributed by atoms with Crippen molar-refractivity contribution in [3.8, 4) is 0 Å². The molecule has 1 rings (SSSR count). The average Bonchev–Trinajstić information content (AvgIpc) is 2.43. The van der Waals surface area contributed by atoms with Gasteiger partial charge in [-0.05, 0) is 5.56 Å². The van der Waals surface area contributed by atoms with Gasteiger partial charge in [0.2, 0.25) is 5.91 Å². The molecular weight excluding hydrogens is 332 g/mol. The summed E-state index contributed by atoms with van der Waals surface area (Å²) >= 11 is 0. The van der Waals surface area contributed by atoms with Crippen molar-refractivity contribution in [1.82, 2.24) is 5.32 Å². The Hall–Kier alpha value is -2.39. The van der Waals surface area contributed by atoms with Crippen LogP contribution in [0.3, 0.4) is 0 Å². The molecule has 0 fully saturated rings. The molecule has 0 radical (unpaired) electrons. The van der Waals surface area contributed by atoms with Gasteiger partial charge in [-0.2, -0.15) is 26.3 Å². The number of halogens is 6. The van der Waals surface area contributed by atoms with Gasteiger partial charge in [0.1, 0.15) is 0 Å². The molecule has 1 aromatic rings. The van der Waals surface area contributed by atoms with Crippen LogP contribution in [0.25, 0.3) is 0 Å². The lowest BCUT2D eigenvalue weighted by Crippen LogP contribution is -2.39. The molecule has 0 heterocycles. The molecule has 0 unspecified atom stereocenters. The summed E-state index contributed by atoms with van der Waals surface area (Å²) in [4.78, 5) is 29.7. The second-order valence-corrected chi connectivity index (χ2v) is 4.05. The standard InChI is InChI=1S/C9H11NO.C4F6O2/c1-8(11)10-7-9-5-3-2-4-6-9;5-3(6,7)1(11)2(12)4(8,9)10/h2-6H,7H2,1H3,(H,10,11);. The number of Topliss-reactive ketones (excluding diaryl/α,β-unsaturated/α-hetero) is 2. The van der Waals surface area contributed by atoms with Gasteiger partial charge in [-0.3, -0.25) is 14.4 Å². The lowest BCUT2D eigenvalue weighted by Gasteiger charge is -2.05. The lowest BCUT2D eigenvalue weighted by molar-refractivity contribution is -0.193. The summed E-state index contributed by atoms with van der Waals surface area (Å²) in [5.41, 5.74) is 1.13. The number of carbonyl (C=O) groups excluding carboxylic acids is 3. The van der Waals surface area contributed by atoms with Crippen molar-refractivity contribution in [3.05, 3.63) is 35.9 Å². The molecule has 0 aromatic heterocycles. The highest BCUT2D eigenvalue weighted by Crippen LogP contribution is 2.23. The quantitative estimate of drug-likeness (QED) is 0.678. The first-order chi connectivity index (χ1) is 10.4. The number of carbonyl (C=O) groups is 3. The van der Waals surface area contributed by atoms with E-state index >= 15 is 0 Å². The van der Waals surface area contributed by atoms with Gasteiger partial charge in [0, 0.05) is 13.5 Å². The molecule has 10 heteroatoms. The van der Waals surface area contributed by atoms with Crippen LogP contribution < -0.4 is 5.32 Å². The van der Waals surface area contributed by atoms with E-state index in [1.165, 1.54) is 6.92 Å². The molecule has 0 bridgehead atoms. The fraction of sp³-hybridized carbons (Fsp3) is 0.308. The van der Waals surface area contributed by atoms with Gasteiger partial charge in [-0.25, -0.2) is 0 Å². The predicted molar refractivity (Wildman–Crippen MR) is 66.1 cm³/mol. The molecule has 0 saturated heterocycles. The molecule has 1 amide bonds. The summed E-state index contributed by atoms with van der Waals surface area (Å²) in [6, 6.07) is 9.83. The molecule has 0 atom stereocenters. The molecular formula is C13H11F6NO3. The van der Waals surface area contributed by atoms with Crippen LogP contribution in [0.2, 0.25) is 0 Å². The number of nitrogens with one attached hydrogen (secondary N) is 1. The maximum absolute atomic E-state index is 11.2. The van der Waals surface area contributed by atoms with Gasteiger partial charge >= 0.3 is 23.9 Å². The van der Waals surface area contributed by atoms with E-state index in [0.717, 1.165) is 5.56 Å². The van der Waals surface area contributed by atoms with E-state index in [2.05, 4.69) is 5.32 Å². The zero-order valence-corrected chi connectivity index (χ0v) is 11.6. The highest BCUT2D eigenvalue weighted by atomic mass is 19.4. The topological polar surface area (TPSA) is 63.2 Å². The first-order valence-corrected chi connectivity index (χ1v) is 5.86. The van der Waals surface area contributed by atoms with Gasteiger partial charge < -0.3 is 5.32 Å². The van der Waals surface area contributed by atoms with Crippen LogP contribution in [0, 0.1) is 0 Å². The Kier molecular flexibility index (Phi) is 7.44. The first kappa shape index (κ1) is 20.6. The van der Waals surface area contributed by atoms with Crippen LogP contribution in [0.1, 0.15) is 12.5 Å². The van der Waals surface area contributed by atoms with Crippen molar-refractivity contribution < 1.29 is 40.7 Å². The van der Waals surface area contributed by atoms with Crippen LogP contribution in [-0.4, -0.2) is 29.8 Å². The van der Waals surface area contributed by atoms with Crippen LogP contribution in [0.5, 0.6) is 0 Å². The number of hydrogen-bond donors (Lipinski definition) is 1. The molecule has 0 aliphatic rings. The van der Waals surface area contributed by atoms with E-state index in [9.17, 15) is 40.7 Å². The molecule has 0 aliphatic carbocycles. The Balaban J connectivity index is 0.000000422. The lowest BCUT2D eigenvalue weighted by atomic mass is 10.2. The largest absolute Gasteiger partial charge is 0.458 e. The second kappa shape index (κ2) is 8.30. The summed E-state index contributed by atoms with van der Waals surface area (Å²) in [5, 5.41) is 2.72. The Labute approximate surface area is 126 Å². The van der Waals surface area contributed by atoms with Crippen LogP contribution in [-0.2, 0) is 20.9 Å². The molecule has 0 spiro atoms. The fourth-order valence-electron chi connectivity index (χ4n) is 1.08. The molecule has 4 nitrogen and oxygen atoms in total. The Morgan fingerprint density at radius 2 is 1.26 bits per heavy atom. The van der Waals surface area contributed by atoms with Crippen LogP contribution in [0.4, 0.5) is 26.3 Å². The molecule has 0 aliphatic heterocycles. The summed E-state index contributed by atoms with van der Waals surface area (Å²) in [6.45, 7) is 2.14. The Bertz CT molecular complexity index is 527. The minimum Gasteiger partial charge on any atom is -0.352 e. The van der Waals surface area contributed by atoms with Crippen molar-refractivity contribution in [3.63, 3.8) is 0 Å². The SMILES string of the molecule is CC(=O)NCc1ccccc1.O=C(C(=O)C(F)(F)F)C(F)(F)F. The molecule has 128 valence electrons. The maximum Gasteiger partial charge on any atom is 0.458 e. The summed E-state index contributed by atoms with van der Waals surface area (Å²) in [6.07, 6.45) is -11.5. The van der Waals surface area contributed by atoms with Gasteiger partial charge in [0.25, 0.3) is 0 Å². The van der Waals surface area contributed by atoms with Crippen LogP contribution in [0.15, 0.2) is 30.3 Å². The second-order valence-electron chi connectivity index (χ2n) is 4.05. The van der Waals surface area contributed by atoms with Crippen molar-refractivity contribution in [1.29, 1.82) is 0 Å². The van der Waals surface area contributed by atoms with Crippen molar-refractivity contribution in [2.75, 3.05) is 0 Å². The van der Waals surface area contributed by atoms with Gasteiger partial charge in [0.05, 0.1) is 0 Å². The third kappa shape index (κ3) is 8.59. The number of alkyl halides is 6. The minimum absolute atomic E-state index is 0.00820. The number of amides is 1. The van der Waals surface area contributed by atoms with E-state index in [1.54, 1.807) is 0 Å². The smallest absolute Gasteiger partial charge is 0.352 e. The van der Waals surface area contributed by atoms with Crippen LogP contribution >= 0.6 is 0 Å². The number of benzene rings is 1. The zero-order valence-electron chi connectivity index (χ0n) is 11.6. The van der Waals surface area contributed by atoms with E-state index in [1.807, 2.05) is 30.3 Å². The third-order valence-electron chi connectivity index (χ3n) is 2.11. The highest BCUT2D eigenvalue weighted by Gasteiger charge is 2.54. The molecule has 1 N–H and O–H groups in total. The number of hydrogen-bond acceptors (Lipinski definition) is 3. The molecule has 1 aromatic carbocycles. The predicted octanol–water partition coefficient (Wildman–Crippen LogP) is 2.57. The van der Waals surface area contributed by atoms with E-state index in [4.69, 9.17) is 0 Å². The third-order valence-corrected chi connectivity index (χ3v) is 2.11. The number of rotatable bonds is 3. The van der Waals surface area contributed by atoms with Gasteiger partial charge in [0.15, 0.2) is 0 Å². The van der Waals surface area contributed by atoms with E-state index < -0.39 is 23.9 Å². The zero-order chi connectivity index (χ0) is 18.3. The first-order valence-electron chi connectivity index (χ1n) is 5.86. The molecule has 0 saturated carbocycles. The highest BCUT2D eigenvalue weighted by molar-refractivity contribution is 6.41. The molecule has 23 heavy (non-hydrogen) atoms. The normalized spacial score (nSPS) is 11.1. The average molecular weight is 343 g/mol. The van der Waals surface area contributed by atoms with E-state index in [-0.39, 0.29) is 5.91 Å². The van der Waals surface area contributed by atoms with E-state index in [0.29, 0.717) is 6.54 Å². The van der Waals surface area contributed by atoms with Crippen molar-refractivity contribution in [2.24, 2.45) is 0 Å². The summed E-state index contributed by atoms with van der Waals surface area (Å²) < 4.78 is 67.0. The Morgan fingerprint density at radius 1 is 0.870 bits per heavy atom. The Morgan fingerprint density at radius 3 is 1.57 bits per heavy atom. The number of ketones is 2. The van der Waals surface area contributed by atoms with Crippen molar-refractivity contribution in [2.45, 2.75) is 25.8 Å². The monoisotopic (exact) mass is 343 g/mol. The minimum atomic E-state index is -5.77. The maximum atomic E-state index is 11.2.